The number of aromatic amines is 1. The molecule has 8 rings (SSSR count). The van der Waals surface area contributed by atoms with Gasteiger partial charge in [-0.05, 0) is 86.0 Å². The van der Waals surface area contributed by atoms with Crippen molar-refractivity contribution in [1.82, 2.24) is 9.97 Å². The smallest absolute Gasteiger partial charge is 0.308 e. The Kier molecular flexibility index (Phi) is 6.97. The zero-order chi connectivity index (χ0) is 35.0. The number of nitrogens with zero attached hydrogens (tertiary/aromatic N) is 2. The SMILES string of the molecule is CC(=O)Oc1ccc2nc(C3C(=O)c4ccc5c6c(ccc(c46)C3=O)C(=O)N(c3ccc(C4=CCC=C4)cc3OC(C)C)C5=O)[nH]c(=O)c2c1. The maximum Gasteiger partial charge on any atom is 0.308 e. The van der Waals surface area contributed by atoms with Crippen molar-refractivity contribution >= 4 is 62.3 Å². The van der Waals surface area contributed by atoms with Gasteiger partial charge in [-0.15, -0.1) is 0 Å². The van der Waals surface area contributed by atoms with E-state index >= 15 is 0 Å². The topological polar surface area (TPSA) is 153 Å². The molecule has 3 aliphatic rings. The largest absolute Gasteiger partial charge is 0.489 e. The molecule has 2 aliphatic carbocycles. The number of anilines is 1. The number of Topliss-reactive ketones (excluding diaryl/α,β-unsaturated/α-hetero) is 2. The summed E-state index contributed by atoms with van der Waals surface area (Å²) in [6.45, 7) is 4.94. The first-order chi connectivity index (χ1) is 24.0. The van der Waals surface area contributed by atoms with Gasteiger partial charge in [-0.3, -0.25) is 28.8 Å². The van der Waals surface area contributed by atoms with Crippen LogP contribution in [-0.4, -0.2) is 45.4 Å². The van der Waals surface area contributed by atoms with Crippen LogP contribution in [0.4, 0.5) is 5.69 Å². The highest BCUT2D eigenvalue weighted by Crippen LogP contribution is 2.44. The Morgan fingerprint density at radius 2 is 1.52 bits per heavy atom. The van der Waals surface area contributed by atoms with E-state index in [-0.39, 0.29) is 67.3 Å². The third-order valence-electron chi connectivity index (χ3n) is 8.98. The summed E-state index contributed by atoms with van der Waals surface area (Å²) < 4.78 is 11.2. The molecule has 1 N–H and O–H groups in total. The van der Waals surface area contributed by atoms with E-state index in [1.165, 1.54) is 49.4 Å². The monoisotopic (exact) mass is 665 g/mol. The normalized spacial score (nSPS) is 15.4. The molecule has 2 heterocycles. The van der Waals surface area contributed by atoms with Crippen LogP contribution >= 0.6 is 0 Å². The zero-order valence-corrected chi connectivity index (χ0v) is 27.0. The van der Waals surface area contributed by atoms with E-state index in [2.05, 4.69) is 16.0 Å². The van der Waals surface area contributed by atoms with Crippen molar-refractivity contribution in [2.24, 2.45) is 0 Å². The number of allylic oxidation sites excluding steroid dienone is 4. The number of benzene rings is 4. The van der Waals surface area contributed by atoms with E-state index in [0.717, 1.165) is 22.5 Å². The fourth-order valence-corrected chi connectivity index (χ4v) is 6.89. The highest BCUT2D eigenvalue weighted by molar-refractivity contribution is 6.40. The summed E-state index contributed by atoms with van der Waals surface area (Å²) in [4.78, 5) is 89.1. The van der Waals surface area contributed by atoms with Gasteiger partial charge in [0, 0.05) is 39.9 Å². The van der Waals surface area contributed by atoms with Crippen LogP contribution in [0.3, 0.4) is 0 Å². The molecule has 0 radical (unpaired) electrons. The van der Waals surface area contributed by atoms with Crippen LogP contribution in [0.15, 0.2) is 83.7 Å². The first-order valence-corrected chi connectivity index (χ1v) is 16.0. The number of nitrogens with one attached hydrogen (secondary N) is 1. The average Bonchev–Trinajstić information content (AvgIpc) is 3.62. The van der Waals surface area contributed by atoms with E-state index in [0.29, 0.717) is 5.75 Å². The molecule has 1 aliphatic heterocycles. The minimum atomic E-state index is -1.47. The lowest BCUT2D eigenvalue weighted by molar-refractivity contribution is -0.131. The third kappa shape index (κ3) is 4.69. The molecular formula is C39H27N3O8. The number of H-pyrrole nitrogens is 1. The second-order valence-corrected chi connectivity index (χ2v) is 12.5. The van der Waals surface area contributed by atoms with Crippen LogP contribution in [0.2, 0.25) is 0 Å². The predicted octanol–water partition coefficient (Wildman–Crippen LogP) is 6.10. The number of ether oxygens (including phenoxy) is 2. The van der Waals surface area contributed by atoms with Crippen LogP contribution in [0, 0.1) is 0 Å². The maximum absolute atomic E-state index is 14.2. The van der Waals surface area contributed by atoms with Gasteiger partial charge >= 0.3 is 5.97 Å². The Bertz CT molecular complexity index is 2470. The van der Waals surface area contributed by atoms with Crippen LogP contribution in [-0.2, 0) is 4.79 Å². The summed E-state index contributed by atoms with van der Waals surface area (Å²) in [5.41, 5.74) is 2.29. The molecule has 0 fully saturated rings. The van der Waals surface area contributed by atoms with Gasteiger partial charge in [0.1, 0.15) is 23.2 Å². The molecule has 0 spiro atoms. The van der Waals surface area contributed by atoms with E-state index in [1.807, 2.05) is 38.1 Å². The Hall–Kier alpha value is -6.49. The number of imide groups is 1. The number of hydrogen-bond acceptors (Lipinski definition) is 9. The molecule has 0 saturated heterocycles. The Labute approximate surface area is 283 Å². The number of carbonyl (C=O) groups is 5. The molecular weight excluding hydrogens is 638 g/mol. The molecule has 5 aromatic rings. The summed E-state index contributed by atoms with van der Waals surface area (Å²) in [7, 11) is 0. The third-order valence-corrected chi connectivity index (χ3v) is 8.98. The fourth-order valence-electron chi connectivity index (χ4n) is 6.89. The van der Waals surface area contributed by atoms with Crippen LogP contribution in [0.5, 0.6) is 11.5 Å². The minimum Gasteiger partial charge on any atom is -0.489 e. The van der Waals surface area contributed by atoms with Crippen LogP contribution < -0.4 is 19.9 Å². The van der Waals surface area contributed by atoms with Crippen molar-refractivity contribution < 1.29 is 33.4 Å². The highest BCUT2D eigenvalue weighted by atomic mass is 16.5. The Balaban J connectivity index is 1.21. The molecule has 50 heavy (non-hydrogen) atoms. The van der Waals surface area contributed by atoms with Gasteiger partial charge in [-0.2, -0.15) is 0 Å². The van der Waals surface area contributed by atoms with Crippen molar-refractivity contribution in [3.63, 3.8) is 0 Å². The lowest BCUT2D eigenvalue weighted by atomic mass is 9.76. The van der Waals surface area contributed by atoms with E-state index in [9.17, 15) is 28.8 Å². The lowest BCUT2D eigenvalue weighted by Gasteiger charge is -2.31. The number of carbonyl (C=O) groups excluding carboxylic acids is 5. The molecule has 11 heteroatoms. The molecule has 4 aromatic carbocycles. The minimum absolute atomic E-state index is 0.104. The second-order valence-electron chi connectivity index (χ2n) is 12.5. The first-order valence-electron chi connectivity index (χ1n) is 16.0. The van der Waals surface area contributed by atoms with Crippen molar-refractivity contribution in [3.8, 4) is 11.5 Å². The quantitative estimate of drug-likeness (QED) is 0.0982. The molecule has 2 amide bonds. The molecule has 0 unspecified atom stereocenters. The second kappa shape index (κ2) is 11.3. The van der Waals surface area contributed by atoms with E-state index in [4.69, 9.17) is 9.47 Å². The molecule has 0 saturated carbocycles. The van der Waals surface area contributed by atoms with Crippen molar-refractivity contribution in [3.05, 3.63) is 123 Å². The summed E-state index contributed by atoms with van der Waals surface area (Å²) in [6, 6.07) is 15.5. The lowest BCUT2D eigenvalue weighted by Crippen LogP contribution is -2.41. The number of rotatable bonds is 6. The van der Waals surface area contributed by atoms with Gasteiger partial charge in [-0.1, -0.05) is 24.3 Å². The first kappa shape index (κ1) is 30.8. The summed E-state index contributed by atoms with van der Waals surface area (Å²) in [5, 5.41) is 0.525. The van der Waals surface area contributed by atoms with Gasteiger partial charge in [-0.25, -0.2) is 9.88 Å². The molecule has 0 atom stereocenters. The number of ketones is 2. The Morgan fingerprint density at radius 3 is 2.14 bits per heavy atom. The number of aromatic nitrogens is 2. The van der Waals surface area contributed by atoms with Gasteiger partial charge in [0.15, 0.2) is 11.6 Å². The van der Waals surface area contributed by atoms with Gasteiger partial charge < -0.3 is 14.5 Å². The number of fused-ring (bicyclic) bond motifs is 1. The van der Waals surface area contributed by atoms with E-state index < -0.39 is 40.8 Å². The summed E-state index contributed by atoms with van der Waals surface area (Å²) in [6.07, 6.45) is 6.68. The van der Waals surface area contributed by atoms with Crippen LogP contribution in [0.25, 0.3) is 27.2 Å². The average molecular weight is 666 g/mol. The molecule has 1 aromatic heterocycles. The van der Waals surface area contributed by atoms with Gasteiger partial charge in [0.25, 0.3) is 17.4 Å². The molecule has 0 bridgehead atoms. The van der Waals surface area contributed by atoms with E-state index in [1.54, 1.807) is 6.07 Å². The number of esters is 1. The number of hydrogen-bond donors (Lipinski definition) is 1. The van der Waals surface area contributed by atoms with Gasteiger partial charge in [0.05, 0.1) is 22.7 Å². The van der Waals surface area contributed by atoms with Crippen LogP contribution in [0.1, 0.15) is 85.9 Å². The fraction of sp³-hybridized carbons (Fsp3) is 0.154. The van der Waals surface area contributed by atoms with Gasteiger partial charge in [0.2, 0.25) is 0 Å². The summed E-state index contributed by atoms with van der Waals surface area (Å²) in [5.74, 6) is -4.19. The molecule has 246 valence electrons. The van der Waals surface area contributed by atoms with Crippen molar-refractivity contribution in [2.45, 2.75) is 39.2 Å². The summed E-state index contributed by atoms with van der Waals surface area (Å²) >= 11 is 0. The highest BCUT2D eigenvalue weighted by Gasteiger charge is 2.43. The van der Waals surface area contributed by atoms with Crippen molar-refractivity contribution in [2.75, 3.05) is 4.90 Å². The predicted molar refractivity (Wildman–Crippen MR) is 184 cm³/mol. The maximum atomic E-state index is 14.2. The van der Waals surface area contributed by atoms with Crippen molar-refractivity contribution in [1.29, 1.82) is 0 Å². The molecule has 11 nitrogen and oxygen atoms in total. The standard InChI is InChI=1S/C39H27N3O8/c1-18(2)49-30-16-21(20-6-4-5-7-20)8-15-29(30)42-38(47)25-12-10-23-31-24(11-13-26(32(25)31)39(42)48)35(45)33(34(23)44)36-40-28-14-9-22(50-19(3)43)17-27(28)37(46)41-36/h4,6-18,33H,5H2,1-3H3,(H,40,41,46). The number of amides is 2. The Morgan fingerprint density at radius 1 is 0.860 bits per heavy atom. The zero-order valence-electron chi connectivity index (χ0n) is 27.0.